The summed E-state index contributed by atoms with van der Waals surface area (Å²) in [4.78, 5) is 11.2. The lowest BCUT2D eigenvalue weighted by Gasteiger charge is -2.21. The van der Waals surface area contributed by atoms with Crippen LogP contribution in [0.15, 0.2) is 30.3 Å². The minimum Gasteiger partial charge on any atom is -0.480 e. The monoisotopic (exact) mass is 270 g/mol. The average molecular weight is 270 g/mol. The van der Waals surface area contributed by atoms with Gasteiger partial charge in [-0.05, 0) is 12.0 Å². The second-order valence-electron chi connectivity index (χ2n) is 4.05. The molecule has 0 bridgehead atoms. The third kappa shape index (κ3) is 2.69. The van der Waals surface area contributed by atoms with E-state index in [1.165, 1.54) is 0 Å². The van der Waals surface area contributed by atoms with Crippen LogP contribution in [0.4, 0.5) is 0 Å². The number of nitrogens with one attached hydrogen (secondary N) is 1. The van der Waals surface area contributed by atoms with Crippen LogP contribution in [-0.2, 0) is 21.4 Å². The van der Waals surface area contributed by atoms with Crippen LogP contribution in [-0.4, -0.2) is 42.9 Å². The van der Waals surface area contributed by atoms with E-state index in [9.17, 15) is 18.3 Å². The first kappa shape index (κ1) is 13.0. The molecule has 0 aliphatic carbocycles. The Hall–Kier alpha value is -1.44. The van der Waals surface area contributed by atoms with Gasteiger partial charge >= 0.3 is 5.97 Å². The molecule has 98 valence electrons. The summed E-state index contributed by atoms with van der Waals surface area (Å²) in [6.45, 7) is 0.438. The van der Waals surface area contributed by atoms with E-state index in [1.807, 2.05) is 6.07 Å². The van der Waals surface area contributed by atoms with Crippen molar-refractivity contribution in [2.24, 2.45) is 0 Å². The maximum atomic E-state index is 11.6. The average Bonchev–Trinajstić information content (AvgIpc) is 2.67. The lowest BCUT2D eigenvalue weighted by atomic mass is 10.1. The van der Waals surface area contributed by atoms with Gasteiger partial charge in [0.25, 0.3) is 10.2 Å². The van der Waals surface area contributed by atoms with Crippen molar-refractivity contribution in [2.45, 2.75) is 12.5 Å². The van der Waals surface area contributed by atoms with E-state index >= 15 is 0 Å². The molecule has 1 aromatic rings. The number of carbonyl (C=O) groups is 1. The summed E-state index contributed by atoms with van der Waals surface area (Å²) < 4.78 is 26.6. The highest BCUT2D eigenvalue weighted by Gasteiger charge is 2.38. The van der Waals surface area contributed by atoms with Gasteiger partial charge in [0.15, 0.2) is 0 Å². The molecule has 1 aliphatic rings. The second-order valence-corrected chi connectivity index (χ2v) is 5.76. The molecule has 6 nitrogen and oxygen atoms in total. The summed E-state index contributed by atoms with van der Waals surface area (Å²) in [6.07, 6.45) is 0.164. The zero-order valence-corrected chi connectivity index (χ0v) is 10.4. The Morgan fingerprint density at radius 1 is 1.39 bits per heavy atom. The number of benzene rings is 1. The van der Waals surface area contributed by atoms with Crippen LogP contribution in [0.5, 0.6) is 0 Å². The number of carboxylic acid groups (broad SMARTS) is 1. The number of aliphatic carboxylic acids is 1. The van der Waals surface area contributed by atoms with Gasteiger partial charge in [0.2, 0.25) is 0 Å². The number of nitrogens with zero attached hydrogens (tertiary/aromatic N) is 1. The zero-order chi connectivity index (χ0) is 13.2. The highest BCUT2D eigenvalue weighted by Crippen LogP contribution is 2.15. The standard InChI is InChI=1S/C11H14N2O4S/c14-11(15)10(8-9-4-2-1-3-5-9)13-7-6-12-18(13,16)17/h1-5,10,12H,6-8H2,(H,14,15). The molecule has 0 radical (unpaired) electrons. The summed E-state index contributed by atoms with van der Waals surface area (Å²) >= 11 is 0. The molecular weight excluding hydrogens is 256 g/mol. The lowest BCUT2D eigenvalue weighted by Crippen LogP contribution is -2.44. The van der Waals surface area contributed by atoms with Gasteiger partial charge in [-0.25, -0.2) is 4.72 Å². The molecule has 1 fully saturated rings. The van der Waals surface area contributed by atoms with Gasteiger partial charge in [-0.15, -0.1) is 0 Å². The van der Waals surface area contributed by atoms with Crippen LogP contribution in [0.2, 0.25) is 0 Å². The van der Waals surface area contributed by atoms with Crippen molar-refractivity contribution in [2.75, 3.05) is 13.1 Å². The summed E-state index contributed by atoms with van der Waals surface area (Å²) in [5, 5.41) is 9.19. The first-order chi connectivity index (χ1) is 8.50. The third-order valence-corrected chi connectivity index (χ3v) is 4.45. The normalized spacial score (nSPS) is 20.7. The Bertz CT molecular complexity index is 529. The number of carboxylic acids is 1. The molecule has 0 spiro atoms. The lowest BCUT2D eigenvalue weighted by molar-refractivity contribution is -0.141. The molecule has 7 heteroatoms. The highest BCUT2D eigenvalue weighted by molar-refractivity contribution is 7.87. The molecule has 1 aromatic carbocycles. The third-order valence-electron chi connectivity index (χ3n) is 2.83. The second kappa shape index (κ2) is 5.05. The predicted molar refractivity (Wildman–Crippen MR) is 65.2 cm³/mol. The maximum Gasteiger partial charge on any atom is 0.322 e. The molecule has 0 amide bonds. The van der Waals surface area contributed by atoms with Gasteiger partial charge in [-0.3, -0.25) is 4.79 Å². The van der Waals surface area contributed by atoms with Crippen LogP contribution < -0.4 is 4.72 Å². The summed E-state index contributed by atoms with van der Waals surface area (Å²) in [7, 11) is -3.65. The van der Waals surface area contributed by atoms with E-state index in [1.54, 1.807) is 24.3 Å². The minimum absolute atomic E-state index is 0.164. The number of hydrogen-bond donors (Lipinski definition) is 2. The van der Waals surface area contributed by atoms with Crippen LogP contribution in [0.1, 0.15) is 5.56 Å². The fourth-order valence-electron chi connectivity index (χ4n) is 1.96. The first-order valence-electron chi connectivity index (χ1n) is 5.54. The van der Waals surface area contributed by atoms with Crippen LogP contribution >= 0.6 is 0 Å². The predicted octanol–water partition coefficient (Wildman–Crippen LogP) is -0.168. The molecule has 1 unspecified atom stereocenters. The van der Waals surface area contributed by atoms with Gasteiger partial charge in [0, 0.05) is 13.1 Å². The van der Waals surface area contributed by atoms with E-state index in [-0.39, 0.29) is 19.5 Å². The Kier molecular flexibility index (Phi) is 3.65. The molecule has 0 aromatic heterocycles. The van der Waals surface area contributed by atoms with Gasteiger partial charge < -0.3 is 5.11 Å². The van der Waals surface area contributed by atoms with Crippen molar-refractivity contribution in [1.82, 2.24) is 9.03 Å². The molecule has 0 saturated carbocycles. The Morgan fingerprint density at radius 2 is 2.06 bits per heavy atom. The number of rotatable bonds is 4. The van der Waals surface area contributed by atoms with Crippen molar-refractivity contribution in [3.8, 4) is 0 Å². The minimum atomic E-state index is -3.65. The van der Waals surface area contributed by atoms with Gasteiger partial charge in [-0.2, -0.15) is 12.7 Å². The van der Waals surface area contributed by atoms with E-state index in [0.29, 0.717) is 0 Å². The molecular formula is C11H14N2O4S. The fraction of sp³-hybridized carbons (Fsp3) is 0.364. The van der Waals surface area contributed by atoms with Crippen molar-refractivity contribution in [3.05, 3.63) is 35.9 Å². The van der Waals surface area contributed by atoms with Gasteiger partial charge in [0.05, 0.1) is 0 Å². The molecule has 1 aliphatic heterocycles. The molecule has 2 N–H and O–H groups in total. The SMILES string of the molecule is O=C(O)C(Cc1ccccc1)N1CCNS1(=O)=O. The molecule has 1 heterocycles. The first-order valence-corrected chi connectivity index (χ1v) is 6.98. The molecule has 1 saturated heterocycles. The maximum absolute atomic E-state index is 11.6. The van der Waals surface area contributed by atoms with Crippen molar-refractivity contribution >= 4 is 16.2 Å². The fourth-order valence-corrected chi connectivity index (χ4v) is 3.31. The van der Waals surface area contributed by atoms with Gasteiger partial charge in [0.1, 0.15) is 6.04 Å². The van der Waals surface area contributed by atoms with E-state index in [2.05, 4.69) is 4.72 Å². The molecule has 1 atom stereocenters. The van der Waals surface area contributed by atoms with Gasteiger partial charge in [-0.1, -0.05) is 30.3 Å². The summed E-state index contributed by atoms with van der Waals surface area (Å²) in [5.41, 5.74) is 0.798. The highest BCUT2D eigenvalue weighted by atomic mass is 32.2. The van der Waals surface area contributed by atoms with Crippen molar-refractivity contribution in [1.29, 1.82) is 0 Å². The smallest absolute Gasteiger partial charge is 0.322 e. The van der Waals surface area contributed by atoms with E-state index < -0.39 is 22.2 Å². The van der Waals surface area contributed by atoms with E-state index in [4.69, 9.17) is 0 Å². The topological polar surface area (TPSA) is 86.7 Å². The number of hydrogen-bond acceptors (Lipinski definition) is 3. The summed E-state index contributed by atoms with van der Waals surface area (Å²) in [5.74, 6) is -1.13. The Balaban J connectivity index is 2.22. The van der Waals surface area contributed by atoms with Crippen molar-refractivity contribution in [3.63, 3.8) is 0 Å². The van der Waals surface area contributed by atoms with E-state index in [0.717, 1.165) is 9.87 Å². The quantitative estimate of drug-likeness (QED) is 0.795. The zero-order valence-electron chi connectivity index (χ0n) is 9.61. The van der Waals surface area contributed by atoms with Crippen LogP contribution in [0, 0.1) is 0 Å². The summed E-state index contributed by atoms with van der Waals surface area (Å²) in [6, 6.07) is 7.93. The van der Waals surface area contributed by atoms with Crippen LogP contribution in [0.25, 0.3) is 0 Å². The Labute approximate surface area is 105 Å². The largest absolute Gasteiger partial charge is 0.480 e. The van der Waals surface area contributed by atoms with Crippen LogP contribution in [0.3, 0.4) is 0 Å². The molecule has 18 heavy (non-hydrogen) atoms. The van der Waals surface area contributed by atoms with Crippen molar-refractivity contribution < 1.29 is 18.3 Å². The Morgan fingerprint density at radius 3 is 2.56 bits per heavy atom. The molecule has 2 rings (SSSR count).